The number of rotatable bonds is 9. The van der Waals surface area contributed by atoms with Crippen LogP contribution in [0, 0.1) is 13.8 Å². The van der Waals surface area contributed by atoms with Crippen molar-refractivity contribution >= 4 is 0 Å². The van der Waals surface area contributed by atoms with Gasteiger partial charge in [0.2, 0.25) is 0 Å². The average Bonchev–Trinajstić information content (AvgIpc) is 2.40. The zero-order chi connectivity index (χ0) is 14.1. The fraction of sp³-hybridized carbons (Fsp3) is 0.667. The topological polar surface area (TPSA) is 12.0 Å². The maximum absolute atomic E-state index is 3.68. The lowest BCUT2D eigenvalue weighted by atomic mass is 9.98. The molecule has 0 saturated carbocycles. The quantitative estimate of drug-likeness (QED) is 0.673. The second-order valence-corrected chi connectivity index (χ2v) is 5.76. The highest BCUT2D eigenvalue weighted by molar-refractivity contribution is 5.30. The van der Waals surface area contributed by atoms with Gasteiger partial charge in [0.25, 0.3) is 0 Å². The largest absolute Gasteiger partial charge is 0.314 e. The van der Waals surface area contributed by atoms with Crippen LogP contribution in [0.2, 0.25) is 0 Å². The lowest BCUT2D eigenvalue weighted by molar-refractivity contribution is 0.437. The molecule has 19 heavy (non-hydrogen) atoms. The molecule has 0 spiro atoms. The van der Waals surface area contributed by atoms with E-state index in [4.69, 9.17) is 0 Å². The Morgan fingerprint density at radius 3 is 2.53 bits per heavy atom. The predicted molar refractivity (Wildman–Crippen MR) is 85.8 cm³/mol. The summed E-state index contributed by atoms with van der Waals surface area (Å²) in [7, 11) is 0. The molecular formula is C18H31N. The number of aryl methyl sites for hydroxylation is 3. The van der Waals surface area contributed by atoms with E-state index < -0.39 is 0 Å². The highest BCUT2D eigenvalue weighted by atomic mass is 14.9. The second-order valence-electron chi connectivity index (χ2n) is 5.76. The zero-order valence-electron chi connectivity index (χ0n) is 13.3. The minimum absolute atomic E-state index is 0.718. The highest BCUT2D eigenvalue weighted by Gasteiger charge is 2.07. The fourth-order valence-electron chi connectivity index (χ4n) is 2.65. The van der Waals surface area contributed by atoms with Gasteiger partial charge in [-0.1, -0.05) is 44.0 Å². The first-order chi connectivity index (χ1) is 9.17. The molecule has 0 amide bonds. The molecule has 0 aliphatic heterocycles. The van der Waals surface area contributed by atoms with E-state index in [2.05, 4.69) is 51.2 Å². The van der Waals surface area contributed by atoms with Gasteiger partial charge in [-0.15, -0.1) is 0 Å². The third-order valence-corrected chi connectivity index (χ3v) is 3.82. The predicted octanol–water partition coefficient (Wildman–Crippen LogP) is 4.79. The van der Waals surface area contributed by atoms with Crippen molar-refractivity contribution in [1.82, 2.24) is 5.32 Å². The summed E-state index contributed by atoms with van der Waals surface area (Å²) in [5, 5.41) is 3.68. The molecule has 1 N–H and O–H groups in total. The molecule has 1 aromatic rings. The van der Waals surface area contributed by atoms with Gasteiger partial charge in [-0.2, -0.15) is 0 Å². The van der Waals surface area contributed by atoms with E-state index in [1.54, 1.807) is 0 Å². The van der Waals surface area contributed by atoms with Gasteiger partial charge in [0.05, 0.1) is 0 Å². The summed E-state index contributed by atoms with van der Waals surface area (Å²) >= 11 is 0. The summed E-state index contributed by atoms with van der Waals surface area (Å²) in [4.78, 5) is 0. The standard InChI is InChI=1S/C18H31N/c1-5-8-18(19-13-6-2)10-7-9-17-14-15(3)11-12-16(17)4/h11-12,14,18-19H,5-10,13H2,1-4H3. The smallest absolute Gasteiger partial charge is 0.00670 e. The van der Waals surface area contributed by atoms with E-state index in [0.717, 1.165) is 12.6 Å². The van der Waals surface area contributed by atoms with Crippen LogP contribution in [-0.4, -0.2) is 12.6 Å². The van der Waals surface area contributed by atoms with Crippen LogP contribution in [0.5, 0.6) is 0 Å². The van der Waals surface area contributed by atoms with Crippen LogP contribution >= 0.6 is 0 Å². The number of hydrogen-bond acceptors (Lipinski definition) is 1. The van der Waals surface area contributed by atoms with Gasteiger partial charge < -0.3 is 5.32 Å². The van der Waals surface area contributed by atoms with E-state index in [-0.39, 0.29) is 0 Å². The molecule has 0 radical (unpaired) electrons. The molecule has 1 atom stereocenters. The average molecular weight is 261 g/mol. The van der Waals surface area contributed by atoms with E-state index in [1.807, 2.05) is 0 Å². The van der Waals surface area contributed by atoms with Gasteiger partial charge in [-0.25, -0.2) is 0 Å². The van der Waals surface area contributed by atoms with Gasteiger partial charge in [0.15, 0.2) is 0 Å². The molecule has 0 aliphatic carbocycles. The van der Waals surface area contributed by atoms with Crippen molar-refractivity contribution in [3.8, 4) is 0 Å². The summed E-state index contributed by atoms with van der Waals surface area (Å²) < 4.78 is 0. The third-order valence-electron chi connectivity index (χ3n) is 3.82. The summed E-state index contributed by atoms with van der Waals surface area (Å²) in [5.41, 5.74) is 4.36. The lowest BCUT2D eigenvalue weighted by Gasteiger charge is -2.18. The first-order valence-electron chi connectivity index (χ1n) is 7.96. The van der Waals surface area contributed by atoms with Crippen LogP contribution in [0.15, 0.2) is 18.2 Å². The molecule has 0 heterocycles. The van der Waals surface area contributed by atoms with E-state index in [0.29, 0.717) is 0 Å². The molecule has 0 aromatic heterocycles. The Morgan fingerprint density at radius 2 is 1.84 bits per heavy atom. The maximum atomic E-state index is 3.68. The van der Waals surface area contributed by atoms with Gasteiger partial charge in [-0.3, -0.25) is 0 Å². The van der Waals surface area contributed by atoms with Crippen LogP contribution in [0.4, 0.5) is 0 Å². The number of nitrogens with one attached hydrogen (secondary N) is 1. The highest BCUT2D eigenvalue weighted by Crippen LogP contribution is 2.15. The Kier molecular flexibility index (Phi) is 7.81. The van der Waals surface area contributed by atoms with Crippen molar-refractivity contribution in [2.45, 2.75) is 72.3 Å². The van der Waals surface area contributed by atoms with E-state index >= 15 is 0 Å². The normalized spacial score (nSPS) is 12.6. The van der Waals surface area contributed by atoms with Gasteiger partial charge in [0.1, 0.15) is 0 Å². The molecule has 0 fully saturated rings. The van der Waals surface area contributed by atoms with E-state index in [1.165, 1.54) is 55.2 Å². The van der Waals surface area contributed by atoms with Crippen LogP contribution in [0.1, 0.15) is 62.6 Å². The Morgan fingerprint density at radius 1 is 1.05 bits per heavy atom. The van der Waals surface area contributed by atoms with Crippen molar-refractivity contribution in [3.05, 3.63) is 34.9 Å². The van der Waals surface area contributed by atoms with Crippen molar-refractivity contribution in [3.63, 3.8) is 0 Å². The Bertz CT molecular complexity index is 357. The molecule has 0 aliphatic rings. The number of benzene rings is 1. The fourth-order valence-corrected chi connectivity index (χ4v) is 2.65. The molecule has 1 heteroatoms. The minimum atomic E-state index is 0.718. The Labute approximate surface area is 119 Å². The summed E-state index contributed by atoms with van der Waals surface area (Å²) in [6.45, 7) is 10.1. The second kappa shape index (κ2) is 9.14. The number of hydrogen-bond donors (Lipinski definition) is 1. The van der Waals surface area contributed by atoms with Crippen LogP contribution in [0.25, 0.3) is 0 Å². The first-order valence-corrected chi connectivity index (χ1v) is 7.96. The monoisotopic (exact) mass is 261 g/mol. The van der Waals surface area contributed by atoms with Crippen LogP contribution in [-0.2, 0) is 6.42 Å². The molecule has 0 saturated heterocycles. The van der Waals surface area contributed by atoms with Crippen LogP contribution < -0.4 is 5.32 Å². The Balaban J connectivity index is 2.40. The van der Waals surface area contributed by atoms with Crippen molar-refractivity contribution < 1.29 is 0 Å². The third kappa shape index (κ3) is 6.24. The molecular weight excluding hydrogens is 230 g/mol. The Hall–Kier alpha value is -0.820. The summed E-state index contributed by atoms with van der Waals surface area (Å²) in [5.74, 6) is 0. The first kappa shape index (κ1) is 16.2. The minimum Gasteiger partial charge on any atom is -0.314 e. The van der Waals surface area contributed by atoms with Crippen molar-refractivity contribution in [2.24, 2.45) is 0 Å². The molecule has 108 valence electrons. The summed E-state index contributed by atoms with van der Waals surface area (Å²) in [6.07, 6.45) is 7.66. The SMILES string of the molecule is CCCNC(CCC)CCCc1cc(C)ccc1C. The maximum Gasteiger partial charge on any atom is 0.00670 e. The zero-order valence-corrected chi connectivity index (χ0v) is 13.3. The lowest BCUT2D eigenvalue weighted by Crippen LogP contribution is -2.29. The van der Waals surface area contributed by atoms with E-state index in [9.17, 15) is 0 Å². The van der Waals surface area contributed by atoms with Crippen LogP contribution in [0.3, 0.4) is 0 Å². The summed E-state index contributed by atoms with van der Waals surface area (Å²) in [6, 6.07) is 7.53. The molecule has 1 rings (SSSR count). The molecule has 1 unspecified atom stereocenters. The molecule has 1 nitrogen and oxygen atoms in total. The van der Waals surface area contributed by atoms with Gasteiger partial charge in [-0.05, 0) is 63.6 Å². The van der Waals surface area contributed by atoms with Gasteiger partial charge in [0, 0.05) is 6.04 Å². The molecule has 1 aromatic carbocycles. The van der Waals surface area contributed by atoms with Crippen molar-refractivity contribution in [1.29, 1.82) is 0 Å². The van der Waals surface area contributed by atoms with Gasteiger partial charge >= 0.3 is 0 Å². The molecule has 0 bridgehead atoms. The van der Waals surface area contributed by atoms with Crippen molar-refractivity contribution in [2.75, 3.05) is 6.54 Å².